The molecular formula is C44H50ClFN2O5S. The number of halogens is 2. The second-order valence-corrected chi connectivity index (χ2v) is 16.6. The highest BCUT2D eigenvalue weighted by Crippen LogP contribution is 2.49. The van der Waals surface area contributed by atoms with Gasteiger partial charge in [0.1, 0.15) is 12.4 Å². The van der Waals surface area contributed by atoms with Crippen molar-refractivity contribution in [3.05, 3.63) is 118 Å². The van der Waals surface area contributed by atoms with Gasteiger partial charge < -0.3 is 15.3 Å². The first-order chi connectivity index (χ1) is 25.9. The molecule has 0 radical (unpaired) electrons. The van der Waals surface area contributed by atoms with E-state index in [4.69, 9.17) is 16.7 Å². The zero-order valence-electron chi connectivity index (χ0n) is 31.6. The zero-order chi connectivity index (χ0) is 38.5. The third kappa shape index (κ3) is 8.41. The van der Waals surface area contributed by atoms with E-state index < -0.39 is 11.4 Å². The highest BCUT2D eigenvalue weighted by atomic mass is 35.5. The average Bonchev–Trinajstić information content (AvgIpc) is 3.49. The van der Waals surface area contributed by atoms with E-state index in [0.29, 0.717) is 12.2 Å². The molecule has 2 aliphatic heterocycles. The number of hydrogen-bond acceptors (Lipinski definition) is 6. The fourth-order valence-corrected chi connectivity index (χ4v) is 9.18. The highest BCUT2D eigenvalue weighted by Gasteiger charge is 2.45. The lowest BCUT2D eigenvalue weighted by Gasteiger charge is -2.27. The molecule has 3 aliphatic rings. The van der Waals surface area contributed by atoms with Crippen LogP contribution in [-0.4, -0.2) is 40.2 Å². The summed E-state index contributed by atoms with van der Waals surface area (Å²) in [5, 5.41) is 26.1. The minimum atomic E-state index is -0.774. The van der Waals surface area contributed by atoms with Crippen LogP contribution in [0.2, 0.25) is 0 Å². The second-order valence-electron chi connectivity index (χ2n) is 15.4. The number of anilines is 1. The van der Waals surface area contributed by atoms with Crippen molar-refractivity contribution in [3.8, 4) is 0 Å². The van der Waals surface area contributed by atoms with Gasteiger partial charge in [-0.15, -0.1) is 0 Å². The summed E-state index contributed by atoms with van der Waals surface area (Å²) in [5.41, 5.74) is 8.28. The van der Waals surface area contributed by atoms with Crippen molar-refractivity contribution in [2.24, 2.45) is 0 Å². The van der Waals surface area contributed by atoms with E-state index in [2.05, 4.69) is 107 Å². The number of nitrogens with zero attached hydrogens (tertiary/aromatic N) is 2. The molecule has 0 atom stereocenters. The van der Waals surface area contributed by atoms with E-state index >= 15 is 0 Å². The maximum Gasteiger partial charge on any atom is 0.303 e. The van der Waals surface area contributed by atoms with Gasteiger partial charge in [0.25, 0.3) is 0 Å². The Kier molecular flexibility index (Phi) is 12.9. The summed E-state index contributed by atoms with van der Waals surface area (Å²) >= 11 is 8.28. The predicted octanol–water partition coefficient (Wildman–Crippen LogP) is 10.5. The molecule has 0 amide bonds. The van der Waals surface area contributed by atoms with E-state index in [1.54, 1.807) is 6.07 Å². The molecule has 6 rings (SSSR count). The third-order valence-electron chi connectivity index (χ3n) is 11.2. The molecule has 0 spiro atoms. The topological polar surface area (TPSA) is 85.1 Å². The van der Waals surface area contributed by atoms with Crippen molar-refractivity contribution in [1.29, 1.82) is 0 Å². The van der Waals surface area contributed by atoms with E-state index in [1.807, 2.05) is 6.07 Å². The molecule has 0 unspecified atom stereocenters. The first-order valence-electron chi connectivity index (χ1n) is 19.0. The number of aliphatic carboxylic acids is 1. The van der Waals surface area contributed by atoms with Crippen LogP contribution in [0.4, 0.5) is 15.8 Å². The minimum absolute atomic E-state index is 0.165. The van der Waals surface area contributed by atoms with Crippen molar-refractivity contribution in [2.45, 2.75) is 96.3 Å². The van der Waals surface area contributed by atoms with Crippen molar-refractivity contribution in [2.75, 3.05) is 23.7 Å². The molecule has 3 aromatic rings. The summed E-state index contributed by atoms with van der Waals surface area (Å²) in [5.74, 6) is -0.368. The SMILES string of the molecule is CC1(C)C(/C=C/C2=C(Cl)C(=C/C=C3/N(CCCCCC(=O)O)c4ccc(F)cc4C3(C)C)/CCC2)=[N+](CCCCSOO[O-])c2ccc3ccccc3c21. The van der Waals surface area contributed by atoms with Crippen LogP contribution in [-0.2, 0) is 25.0 Å². The highest BCUT2D eigenvalue weighted by molar-refractivity contribution is 7.94. The van der Waals surface area contributed by atoms with Gasteiger partial charge in [0.2, 0.25) is 5.69 Å². The Hall–Kier alpha value is -3.73. The van der Waals surface area contributed by atoms with Crippen LogP contribution >= 0.6 is 23.6 Å². The fourth-order valence-electron chi connectivity index (χ4n) is 8.44. The van der Waals surface area contributed by atoms with Crippen LogP contribution in [0.3, 0.4) is 0 Å². The molecule has 10 heteroatoms. The summed E-state index contributed by atoms with van der Waals surface area (Å²) in [4.78, 5) is 13.3. The number of carboxylic acid groups (broad SMARTS) is 1. The van der Waals surface area contributed by atoms with Crippen molar-refractivity contribution >= 4 is 57.5 Å². The molecule has 0 saturated heterocycles. The van der Waals surface area contributed by atoms with Gasteiger partial charge >= 0.3 is 5.97 Å². The lowest BCUT2D eigenvalue weighted by Crippen LogP contribution is -2.28. The Labute approximate surface area is 327 Å². The summed E-state index contributed by atoms with van der Waals surface area (Å²) in [6.07, 6.45) is 15.7. The molecule has 2 heterocycles. The summed E-state index contributed by atoms with van der Waals surface area (Å²) in [6, 6.07) is 18.0. The van der Waals surface area contributed by atoms with Gasteiger partial charge in [-0.1, -0.05) is 68.3 Å². The van der Waals surface area contributed by atoms with Gasteiger partial charge in [-0.2, -0.15) is 8.91 Å². The van der Waals surface area contributed by atoms with Gasteiger partial charge in [-0.05, 0) is 110 Å². The summed E-state index contributed by atoms with van der Waals surface area (Å²) in [6.45, 7) is 10.4. The molecule has 0 saturated carbocycles. The molecular weight excluding hydrogens is 723 g/mol. The minimum Gasteiger partial charge on any atom is -0.691 e. The Balaban J connectivity index is 1.30. The molecule has 0 aromatic heterocycles. The van der Waals surface area contributed by atoms with Crippen molar-refractivity contribution < 1.29 is 33.5 Å². The average molecular weight is 773 g/mol. The Morgan fingerprint density at radius 2 is 1.81 bits per heavy atom. The molecule has 0 fully saturated rings. The first kappa shape index (κ1) is 39.9. The fraction of sp³-hybridized carbons (Fsp3) is 0.409. The van der Waals surface area contributed by atoms with Gasteiger partial charge in [0, 0.05) is 76.7 Å². The first-order valence-corrected chi connectivity index (χ1v) is 20.3. The Morgan fingerprint density at radius 3 is 2.61 bits per heavy atom. The van der Waals surface area contributed by atoms with E-state index in [0.717, 1.165) is 103 Å². The van der Waals surface area contributed by atoms with Gasteiger partial charge in [0.05, 0.1) is 5.41 Å². The maximum atomic E-state index is 14.5. The smallest absolute Gasteiger partial charge is 0.303 e. The number of allylic oxidation sites excluding steroid dienone is 8. The van der Waals surface area contributed by atoms with Crippen LogP contribution in [0.15, 0.2) is 101 Å². The van der Waals surface area contributed by atoms with Gasteiger partial charge in [-0.3, -0.25) is 9.83 Å². The van der Waals surface area contributed by atoms with Gasteiger partial charge in [0.15, 0.2) is 5.71 Å². The Morgan fingerprint density at radius 1 is 1.00 bits per heavy atom. The maximum absolute atomic E-state index is 14.5. The van der Waals surface area contributed by atoms with Crippen LogP contribution in [0.1, 0.15) is 96.6 Å². The number of carboxylic acids is 1. The predicted molar refractivity (Wildman–Crippen MR) is 216 cm³/mol. The number of rotatable bonds is 16. The second kappa shape index (κ2) is 17.4. The number of carbonyl (C=O) groups is 1. The quantitative estimate of drug-likeness (QED) is 0.0510. The summed E-state index contributed by atoms with van der Waals surface area (Å²) in [7, 11) is 0. The lowest BCUT2D eigenvalue weighted by molar-refractivity contribution is -0.777. The van der Waals surface area contributed by atoms with E-state index in [9.17, 15) is 14.4 Å². The normalized spacial score (nSPS) is 19.2. The third-order valence-corrected chi connectivity index (χ3v) is 12.2. The number of benzene rings is 3. The van der Waals surface area contributed by atoms with E-state index in [-0.39, 0.29) is 17.7 Å². The Bertz CT molecular complexity index is 2050. The van der Waals surface area contributed by atoms with Crippen LogP contribution in [0.25, 0.3) is 10.8 Å². The summed E-state index contributed by atoms with van der Waals surface area (Å²) < 4.78 is 21.4. The zero-order valence-corrected chi connectivity index (χ0v) is 33.2. The largest absolute Gasteiger partial charge is 0.691 e. The number of fused-ring (bicyclic) bond motifs is 4. The van der Waals surface area contributed by atoms with Crippen LogP contribution < -0.4 is 10.2 Å². The molecule has 7 nitrogen and oxygen atoms in total. The number of unbranched alkanes of at least 4 members (excludes halogenated alkanes) is 3. The van der Waals surface area contributed by atoms with Crippen LogP contribution in [0, 0.1) is 5.82 Å². The number of hydrogen-bond donors (Lipinski definition) is 1. The van der Waals surface area contributed by atoms with Crippen molar-refractivity contribution in [3.63, 3.8) is 0 Å². The molecule has 54 heavy (non-hydrogen) atoms. The molecule has 0 bridgehead atoms. The molecule has 1 N–H and O–H groups in total. The van der Waals surface area contributed by atoms with Crippen LogP contribution in [0.5, 0.6) is 0 Å². The van der Waals surface area contributed by atoms with Crippen molar-refractivity contribution in [1.82, 2.24) is 0 Å². The standard InChI is InChI=1S/C44H50ClFN2O5S/c1-43(2)35-29-33(46)21-23-36(35)47(26-9-5-6-17-40(49)50)38(43)24-19-31-14-12-15-32(42(31)45)20-25-39-44(3,4)41-34-16-8-7-13-30(34)18-22-37(41)48(39)27-10-11-28-54-53-52-51/h7-8,13,16,18-25,29H,5-6,9-12,14-15,17,26-28H2,1-4H3,(H-,49,50,51). The lowest BCUT2D eigenvalue weighted by atomic mass is 9.79. The monoisotopic (exact) mass is 772 g/mol. The molecule has 1 aliphatic carbocycles. The molecule has 286 valence electrons. The van der Waals surface area contributed by atoms with E-state index in [1.165, 1.54) is 33.8 Å². The molecule has 3 aromatic carbocycles. The van der Waals surface area contributed by atoms with Gasteiger partial charge in [-0.25, -0.2) is 4.39 Å².